The highest BCUT2D eigenvalue weighted by Gasteiger charge is 2.25. The van der Waals surface area contributed by atoms with E-state index in [4.69, 9.17) is 0 Å². The van der Waals surface area contributed by atoms with E-state index in [0.29, 0.717) is 11.1 Å². The lowest BCUT2D eigenvalue weighted by atomic mass is 10.0. The zero-order valence-corrected chi connectivity index (χ0v) is 13.3. The van der Waals surface area contributed by atoms with Gasteiger partial charge in [-0.05, 0) is 30.5 Å². The Morgan fingerprint density at radius 2 is 1.88 bits per heavy atom. The maximum atomic E-state index is 12.3. The third kappa shape index (κ3) is 3.60. The first-order chi connectivity index (χ1) is 11.6. The Balaban J connectivity index is 1.97. The van der Waals surface area contributed by atoms with E-state index in [2.05, 4.69) is 15.6 Å². The summed E-state index contributed by atoms with van der Waals surface area (Å²) in [6, 6.07) is 12.2. The average molecular weight is 325 g/mol. The molecule has 1 aromatic heterocycles. The molecule has 1 heterocycles. The van der Waals surface area contributed by atoms with Crippen molar-refractivity contribution in [1.29, 1.82) is 0 Å². The van der Waals surface area contributed by atoms with E-state index < -0.39 is 12.0 Å². The minimum absolute atomic E-state index is 0.103. The molecule has 3 N–H and O–H groups in total. The van der Waals surface area contributed by atoms with Gasteiger partial charge in [0, 0.05) is 18.7 Å². The largest absolute Gasteiger partial charge is 0.382 e. The minimum Gasteiger partial charge on any atom is -0.382 e. The number of benzene rings is 1. The van der Waals surface area contributed by atoms with Crippen LogP contribution in [0.3, 0.4) is 0 Å². The highest BCUT2D eigenvalue weighted by Crippen LogP contribution is 2.23. The zero-order valence-electron chi connectivity index (χ0n) is 13.3. The van der Waals surface area contributed by atoms with Crippen LogP contribution in [0.1, 0.15) is 51.0 Å². The van der Waals surface area contributed by atoms with Gasteiger partial charge in [0.25, 0.3) is 11.8 Å². The van der Waals surface area contributed by atoms with Gasteiger partial charge >= 0.3 is 0 Å². The number of nitrogens with one attached hydrogen (secondary N) is 2. The minimum atomic E-state index is -1.01. The standard InChI is InChI=1S/C18H19N3O3/c1-19-18(24)15-10-12(17(23)20-13-7-8-13)9-14(21-15)16(22)11-5-3-2-4-6-11/h2-6,9-10,13,16,22H,7-8H2,1H3,(H,19,24)(H,20,23). The van der Waals surface area contributed by atoms with Crippen LogP contribution in [0.2, 0.25) is 0 Å². The molecule has 24 heavy (non-hydrogen) atoms. The molecule has 0 saturated heterocycles. The van der Waals surface area contributed by atoms with Gasteiger partial charge in [0.1, 0.15) is 11.8 Å². The Hall–Kier alpha value is -2.73. The maximum absolute atomic E-state index is 12.3. The highest BCUT2D eigenvalue weighted by atomic mass is 16.3. The molecular weight excluding hydrogens is 306 g/mol. The number of hydrogen-bond donors (Lipinski definition) is 3. The van der Waals surface area contributed by atoms with Crippen LogP contribution < -0.4 is 10.6 Å². The average Bonchev–Trinajstić information content (AvgIpc) is 3.44. The fraction of sp³-hybridized carbons (Fsp3) is 0.278. The van der Waals surface area contributed by atoms with E-state index in [1.165, 1.54) is 19.2 Å². The molecule has 2 aromatic rings. The summed E-state index contributed by atoms with van der Waals surface area (Å²) < 4.78 is 0. The van der Waals surface area contributed by atoms with E-state index in [1.54, 1.807) is 12.1 Å². The van der Waals surface area contributed by atoms with Crippen LogP contribution in [0.4, 0.5) is 0 Å². The number of carbonyl (C=O) groups excluding carboxylic acids is 2. The van der Waals surface area contributed by atoms with Gasteiger partial charge in [-0.1, -0.05) is 30.3 Å². The number of aromatic nitrogens is 1. The Morgan fingerprint density at radius 1 is 1.17 bits per heavy atom. The van der Waals surface area contributed by atoms with Crippen LogP contribution in [-0.2, 0) is 0 Å². The molecule has 6 nitrogen and oxygen atoms in total. The Labute approximate surface area is 139 Å². The molecule has 1 aliphatic rings. The van der Waals surface area contributed by atoms with Crippen molar-refractivity contribution in [3.63, 3.8) is 0 Å². The number of rotatable bonds is 5. The number of aliphatic hydroxyl groups is 1. The molecular formula is C18H19N3O3. The molecule has 1 fully saturated rings. The molecule has 1 unspecified atom stereocenters. The number of hydrogen-bond acceptors (Lipinski definition) is 4. The predicted molar refractivity (Wildman–Crippen MR) is 88.6 cm³/mol. The summed E-state index contributed by atoms with van der Waals surface area (Å²) in [5.41, 5.74) is 1.34. The van der Waals surface area contributed by atoms with Crippen molar-refractivity contribution in [3.8, 4) is 0 Å². The third-order valence-electron chi connectivity index (χ3n) is 3.88. The van der Waals surface area contributed by atoms with Crippen LogP contribution >= 0.6 is 0 Å². The number of pyridine rings is 1. The molecule has 1 aromatic carbocycles. The van der Waals surface area contributed by atoms with Gasteiger partial charge in [-0.3, -0.25) is 9.59 Å². The summed E-state index contributed by atoms with van der Waals surface area (Å²) >= 11 is 0. The molecule has 0 spiro atoms. The van der Waals surface area contributed by atoms with Gasteiger partial charge in [0.2, 0.25) is 0 Å². The molecule has 1 atom stereocenters. The van der Waals surface area contributed by atoms with Crippen molar-refractivity contribution in [1.82, 2.24) is 15.6 Å². The summed E-state index contributed by atoms with van der Waals surface area (Å²) in [5.74, 6) is -0.663. The van der Waals surface area contributed by atoms with Crippen LogP contribution in [0.25, 0.3) is 0 Å². The van der Waals surface area contributed by atoms with E-state index in [1.807, 2.05) is 18.2 Å². The summed E-state index contributed by atoms with van der Waals surface area (Å²) in [6.45, 7) is 0. The van der Waals surface area contributed by atoms with Crippen molar-refractivity contribution in [2.24, 2.45) is 0 Å². The van der Waals surface area contributed by atoms with Gasteiger partial charge in [0.15, 0.2) is 0 Å². The maximum Gasteiger partial charge on any atom is 0.269 e. The van der Waals surface area contributed by atoms with Crippen LogP contribution in [0.5, 0.6) is 0 Å². The SMILES string of the molecule is CNC(=O)c1cc(C(=O)NC2CC2)cc(C(O)c2ccccc2)n1. The van der Waals surface area contributed by atoms with Crippen molar-refractivity contribution >= 4 is 11.8 Å². The number of amides is 2. The Bertz CT molecular complexity index is 757. The van der Waals surface area contributed by atoms with E-state index in [9.17, 15) is 14.7 Å². The Morgan fingerprint density at radius 3 is 2.50 bits per heavy atom. The molecule has 0 radical (unpaired) electrons. The van der Waals surface area contributed by atoms with Crippen molar-refractivity contribution in [2.45, 2.75) is 25.0 Å². The molecule has 0 bridgehead atoms. The highest BCUT2D eigenvalue weighted by molar-refractivity contribution is 5.98. The Kier molecular flexibility index (Phi) is 4.57. The lowest BCUT2D eigenvalue weighted by molar-refractivity contribution is 0.0950. The topological polar surface area (TPSA) is 91.3 Å². The smallest absolute Gasteiger partial charge is 0.269 e. The predicted octanol–water partition coefficient (Wildman–Crippen LogP) is 1.42. The van der Waals surface area contributed by atoms with Gasteiger partial charge in [-0.15, -0.1) is 0 Å². The number of nitrogens with zero attached hydrogens (tertiary/aromatic N) is 1. The second-order valence-electron chi connectivity index (χ2n) is 5.81. The first-order valence-corrected chi connectivity index (χ1v) is 7.86. The quantitative estimate of drug-likeness (QED) is 0.775. The van der Waals surface area contributed by atoms with Gasteiger partial charge in [0.05, 0.1) is 5.69 Å². The van der Waals surface area contributed by atoms with Gasteiger partial charge < -0.3 is 15.7 Å². The van der Waals surface area contributed by atoms with Crippen molar-refractivity contribution < 1.29 is 14.7 Å². The fourth-order valence-electron chi connectivity index (χ4n) is 2.37. The fourth-order valence-corrected chi connectivity index (χ4v) is 2.37. The van der Waals surface area contributed by atoms with Crippen LogP contribution in [-0.4, -0.2) is 35.0 Å². The third-order valence-corrected chi connectivity index (χ3v) is 3.88. The van der Waals surface area contributed by atoms with E-state index >= 15 is 0 Å². The molecule has 1 aliphatic carbocycles. The summed E-state index contributed by atoms with van der Waals surface area (Å²) in [5, 5.41) is 15.9. The second kappa shape index (κ2) is 6.80. The molecule has 124 valence electrons. The zero-order chi connectivity index (χ0) is 17.1. The van der Waals surface area contributed by atoms with Gasteiger partial charge in [-0.25, -0.2) is 4.98 Å². The van der Waals surface area contributed by atoms with E-state index in [-0.39, 0.29) is 23.3 Å². The van der Waals surface area contributed by atoms with Crippen molar-refractivity contribution in [2.75, 3.05) is 7.05 Å². The first kappa shape index (κ1) is 16.1. The monoisotopic (exact) mass is 325 g/mol. The van der Waals surface area contributed by atoms with E-state index in [0.717, 1.165) is 12.8 Å². The number of aliphatic hydroxyl groups excluding tert-OH is 1. The number of carbonyl (C=O) groups is 2. The van der Waals surface area contributed by atoms with Crippen molar-refractivity contribution in [3.05, 3.63) is 65.0 Å². The summed E-state index contributed by atoms with van der Waals surface area (Å²) in [6.07, 6.45) is 0.931. The molecule has 3 rings (SSSR count). The summed E-state index contributed by atoms with van der Waals surface area (Å²) in [4.78, 5) is 28.5. The molecule has 2 amide bonds. The lowest BCUT2D eigenvalue weighted by Crippen LogP contribution is -2.27. The lowest BCUT2D eigenvalue weighted by Gasteiger charge is -2.14. The molecule has 6 heteroatoms. The van der Waals surface area contributed by atoms with Gasteiger partial charge in [-0.2, -0.15) is 0 Å². The normalized spacial score (nSPS) is 14.8. The molecule has 1 saturated carbocycles. The first-order valence-electron chi connectivity index (χ1n) is 7.86. The van der Waals surface area contributed by atoms with Crippen LogP contribution in [0, 0.1) is 0 Å². The van der Waals surface area contributed by atoms with Crippen LogP contribution in [0.15, 0.2) is 42.5 Å². The summed E-state index contributed by atoms with van der Waals surface area (Å²) in [7, 11) is 1.49. The molecule has 0 aliphatic heterocycles. The second-order valence-corrected chi connectivity index (χ2v) is 5.81.